The second-order valence-electron chi connectivity index (χ2n) is 6.70. The lowest BCUT2D eigenvalue weighted by atomic mass is 10.1. The van der Waals surface area contributed by atoms with Crippen LogP contribution in [0.15, 0.2) is 79.0 Å². The van der Waals surface area contributed by atoms with Gasteiger partial charge < -0.3 is 14.4 Å². The van der Waals surface area contributed by atoms with Crippen LogP contribution >= 0.6 is 0 Å². The summed E-state index contributed by atoms with van der Waals surface area (Å²) >= 11 is 0. The standard InChI is InChI=1S/C23H22N2O3/c26-23(19-11-13-24-22(15-19)28-21-12-14-27-17-21)25(20-9-5-2-6-10-20)16-18-7-3-1-4-8-18/h1-11,13,15,21H,12,14,16-17H2. The van der Waals surface area contributed by atoms with Crippen molar-refractivity contribution in [3.05, 3.63) is 90.1 Å². The molecule has 142 valence electrons. The van der Waals surface area contributed by atoms with Gasteiger partial charge in [-0.1, -0.05) is 48.5 Å². The predicted molar refractivity (Wildman–Crippen MR) is 107 cm³/mol. The lowest BCUT2D eigenvalue weighted by Crippen LogP contribution is -2.30. The normalized spacial score (nSPS) is 15.9. The molecule has 1 aliphatic heterocycles. The molecule has 1 aromatic heterocycles. The molecule has 5 heteroatoms. The van der Waals surface area contributed by atoms with Gasteiger partial charge in [0.05, 0.1) is 19.8 Å². The first kappa shape index (κ1) is 18.2. The van der Waals surface area contributed by atoms with E-state index >= 15 is 0 Å². The molecule has 1 aliphatic rings. The number of pyridine rings is 1. The average Bonchev–Trinajstić information content (AvgIpc) is 3.26. The Morgan fingerprint density at radius 2 is 1.82 bits per heavy atom. The number of amides is 1. The number of rotatable bonds is 6. The highest BCUT2D eigenvalue weighted by Crippen LogP contribution is 2.22. The van der Waals surface area contributed by atoms with E-state index in [1.54, 1.807) is 23.2 Å². The summed E-state index contributed by atoms with van der Waals surface area (Å²) < 4.78 is 11.2. The number of anilines is 1. The molecule has 0 saturated carbocycles. The van der Waals surface area contributed by atoms with Crippen molar-refractivity contribution in [1.82, 2.24) is 4.98 Å². The molecule has 0 aliphatic carbocycles. The lowest BCUT2D eigenvalue weighted by Gasteiger charge is -2.23. The molecule has 1 fully saturated rings. The summed E-state index contributed by atoms with van der Waals surface area (Å²) in [6.45, 7) is 1.74. The van der Waals surface area contributed by atoms with Crippen LogP contribution in [-0.2, 0) is 11.3 Å². The topological polar surface area (TPSA) is 51.7 Å². The van der Waals surface area contributed by atoms with Crippen LogP contribution in [0.5, 0.6) is 5.88 Å². The first-order valence-corrected chi connectivity index (χ1v) is 9.41. The number of hydrogen-bond donors (Lipinski definition) is 0. The molecule has 28 heavy (non-hydrogen) atoms. The molecular weight excluding hydrogens is 352 g/mol. The summed E-state index contributed by atoms with van der Waals surface area (Å²) in [5.74, 6) is 0.360. The highest BCUT2D eigenvalue weighted by molar-refractivity contribution is 6.06. The number of carbonyl (C=O) groups excluding carboxylic acids is 1. The fourth-order valence-electron chi connectivity index (χ4n) is 3.19. The summed E-state index contributed by atoms with van der Waals surface area (Å²) in [5.41, 5.74) is 2.46. The van der Waals surface area contributed by atoms with Crippen molar-refractivity contribution in [2.45, 2.75) is 19.1 Å². The highest BCUT2D eigenvalue weighted by Gasteiger charge is 2.21. The second-order valence-corrected chi connectivity index (χ2v) is 6.70. The zero-order chi connectivity index (χ0) is 19.2. The summed E-state index contributed by atoms with van der Waals surface area (Å²) in [5, 5.41) is 0. The molecule has 1 atom stereocenters. The monoisotopic (exact) mass is 374 g/mol. The van der Waals surface area contributed by atoms with E-state index in [4.69, 9.17) is 9.47 Å². The van der Waals surface area contributed by atoms with Gasteiger partial charge in [-0.15, -0.1) is 0 Å². The third kappa shape index (κ3) is 4.38. The van der Waals surface area contributed by atoms with Gasteiger partial charge in [-0.2, -0.15) is 0 Å². The van der Waals surface area contributed by atoms with E-state index in [-0.39, 0.29) is 12.0 Å². The summed E-state index contributed by atoms with van der Waals surface area (Å²) in [4.78, 5) is 19.4. The van der Waals surface area contributed by atoms with Crippen LogP contribution < -0.4 is 9.64 Å². The minimum atomic E-state index is -0.0926. The fourth-order valence-corrected chi connectivity index (χ4v) is 3.19. The van der Waals surface area contributed by atoms with E-state index in [1.807, 2.05) is 60.7 Å². The van der Waals surface area contributed by atoms with E-state index in [1.165, 1.54) is 0 Å². The largest absolute Gasteiger partial charge is 0.472 e. The van der Waals surface area contributed by atoms with Gasteiger partial charge in [0.1, 0.15) is 6.10 Å². The van der Waals surface area contributed by atoms with Crippen molar-refractivity contribution in [1.29, 1.82) is 0 Å². The molecule has 1 amide bonds. The number of carbonyl (C=O) groups is 1. The van der Waals surface area contributed by atoms with Crippen LogP contribution in [0.25, 0.3) is 0 Å². The molecule has 5 nitrogen and oxygen atoms in total. The second kappa shape index (κ2) is 8.67. The summed E-state index contributed by atoms with van der Waals surface area (Å²) in [6, 6.07) is 23.1. The van der Waals surface area contributed by atoms with Crippen LogP contribution in [0.3, 0.4) is 0 Å². The maximum Gasteiger partial charge on any atom is 0.258 e. The highest BCUT2D eigenvalue weighted by atomic mass is 16.5. The maximum absolute atomic E-state index is 13.4. The first-order valence-electron chi connectivity index (χ1n) is 9.41. The van der Waals surface area contributed by atoms with Gasteiger partial charge >= 0.3 is 0 Å². The molecule has 0 bridgehead atoms. The molecule has 3 aromatic rings. The number of ether oxygens (including phenoxy) is 2. The van der Waals surface area contributed by atoms with Gasteiger partial charge in [-0.25, -0.2) is 4.98 Å². The molecule has 0 N–H and O–H groups in total. The third-order valence-electron chi connectivity index (χ3n) is 4.65. The van der Waals surface area contributed by atoms with Crippen molar-refractivity contribution in [2.75, 3.05) is 18.1 Å². The van der Waals surface area contributed by atoms with Crippen molar-refractivity contribution < 1.29 is 14.3 Å². The molecule has 4 rings (SSSR count). The Morgan fingerprint density at radius 3 is 2.54 bits per heavy atom. The fraction of sp³-hybridized carbons (Fsp3) is 0.217. The number of nitrogens with zero attached hydrogens (tertiary/aromatic N) is 2. The van der Waals surface area contributed by atoms with Crippen LogP contribution in [0.1, 0.15) is 22.3 Å². The number of para-hydroxylation sites is 1. The predicted octanol–water partition coefficient (Wildman–Crippen LogP) is 4.10. The Balaban J connectivity index is 1.59. The van der Waals surface area contributed by atoms with Gasteiger partial charge in [0.25, 0.3) is 5.91 Å². The van der Waals surface area contributed by atoms with Gasteiger partial charge in [-0.3, -0.25) is 4.79 Å². The Kier molecular flexibility index (Phi) is 5.64. The Morgan fingerprint density at radius 1 is 1.07 bits per heavy atom. The molecule has 0 radical (unpaired) electrons. The van der Waals surface area contributed by atoms with Gasteiger partial charge in [0, 0.05) is 29.9 Å². The summed E-state index contributed by atoms with van der Waals surface area (Å²) in [7, 11) is 0. The number of aromatic nitrogens is 1. The molecule has 1 unspecified atom stereocenters. The third-order valence-corrected chi connectivity index (χ3v) is 4.65. The van der Waals surface area contributed by atoms with Gasteiger partial charge in [-0.05, 0) is 23.8 Å². The van der Waals surface area contributed by atoms with Crippen molar-refractivity contribution in [3.8, 4) is 5.88 Å². The molecule has 2 aromatic carbocycles. The van der Waals surface area contributed by atoms with Crippen LogP contribution in [-0.4, -0.2) is 30.2 Å². The molecular formula is C23H22N2O3. The zero-order valence-electron chi connectivity index (χ0n) is 15.5. The quantitative estimate of drug-likeness (QED) is 0.652. The van der Waals surface area contributed by atoms with E-state index < -0.39 is 0 Å². The van der Waals surface area contributed by atoms with Gasteiger partial charge in [0.15, 0.2) is 0 Å². The van der Waals surface area contributed by atoms with Crippen molar-refractivity contribution in [2.24, 2.45) is 0 Å². The lowest BCUT2D eigenvalue weighted by molar-refractivity contribution is 0.0983. The van der Waals surface area contributed by atoms with E-state index in [9.17, 15) is 4.79 Å². The average molecular weight is 374 g/mol. The number of benzene rings is 2. The minimum absolute atomic E-state index is 0.00704. The van der Waals surface area contributed by atoms with Crippen LogP contribution in [0, 0.1) is 0 Å². The first-order chi connectivity index (χ1) is 13.8. The van der Waals surface area contributed by atoms with Crippen molar-refractivity contribution in [3.63, 3.8) is 0 Å². The molecule has 1 saturated heterocycles. The molecule has 2 heterocycles. The Hall–Kier alpha value is -3.18. The van der Waals surface area contributed by atoms with Crippen LogP contribution in [0.2, 0.25) is 0 Å². The smallest absolute Gasteiger partial charge is 0.258 e. The number of hydrogen-bond acceptors (Lipinski definition) is 4. The zero-order valence-corrected chi connectivity index (χ0v) is 15.5. The van der Waals surface area contributed by atoms with E-state index in [0.717, 1.165) is 17.7 Å². The van der Waals surface area contributed by atoms with Crippen LogP contribution in [0.4, 0.5) is 5.69 Å². The maximum atomic E-state index is 13.4. The van der Waals surface area contributed by atoms with E-state index in [0.29, 0.717) is 31.2 Å². The Bertz CT molecular complexity index is 909. The van der Waals surface area contributed by atoms with Crippen molar-refractivity contribution >= 4 is 11.6 Å². The minimum Gasteiger partial charge on any atom is -0.472 e. The summed E-state index contributed by atoms with van der Waals surface area (Å²) in [6.07, 6.45) is 2.45. The van der Waals surface area contributed by atoms with Gasteiger partial charge in [0.2, 0.25) is 5.88 Å². The van der Waals surface area contributed by atoms with E-state index in [2.05, 4.69) is 4.98 Å². The SMILES string of the molecule is O=C(c1ccnc(OC2CCOC2)c1)N(Cc1ccccc1)c1ccccc1. The Labute approximate surface area is 164 Å². The molecule has 0 spiro atoms.